The van der Waals surface area contributed by atoms with E-state index in [9.17, 15) is 18.0 Å². The summed E-state index contributed by atoms with van der Waals surface area (Å²) >= 11 is 0. The van der Waals surface area contributed by atoms with Gasteiger partial charge in [-0.25, -0.2) is 0 Å². The fraction of sp³-hybridized carbons (Fsp3) is 0.238. The second-order valence-corrected chi connectivity index (χ2v) is 6.53. The van der Waals surface area contributed by atoms with Gasteiger partial charge in [-0.2, -0.15) is 13.2 Å². The molecule has 0 aliphatic heterocycles. The molecule has 3 rings (SSSR count). The Balaban J connectivity index is 1.92. The first-order valence-corrected chi connectivity index (χ1v) is 8.73. The molecule has 1 amide bonds. The van der Waals surface area contributed by atoms with Crippen molar-refractivity contribution in [2.75, 3.05) is 0 Å². The fourth-order valence-electron chi connectivity index (χ4n) is 3.28. The normalized spacial score (nSPS) is 12.8. The third-order valence-electron chi connectivity index (χ3n) is 4.52. The number of benzene rings is 2. The van der Waals surface area contributed by atoms with E-state index in [2.05, 4.69) is 15.0 Å². The molecule has 0 spiro atoms. The van der Waals surface area contributed by atoms with Gasteiger partial charge in [-0.1, -0.05) is 65.8 Å². The van der Waals surface area contributed by atoms with E-state index in [4.69, 9.17) is 0 Å². The van der Waals surface area contributed by atoms with Gasteiger partial charge < -0.3 is 9.84 Å². The number of carbonyl (C=O) groups is 1. The van der Waals surface area contributed by atoms with Crippen LogP contribution in [0, 0.1) is 6.92 Å². The topological polar surface area (TPSA) is 55.1 Å². The molecule has 1 atom stereocenters. The van der Waals surface area contributed by atoms with Crippen LogP contribution in [0.25, 0.3) is 0 Å². The van der Waals surface area contributed by atoms with Crippen molar-refractivity contribution in [3.05, 3.63) is 88.8 Å². The van der Waals surface area contributed by atoms with Crippen molar-refractivity contribution >= 4 is 5.91 Å². The molecule has 0 radical (unpaired) electrons. The highest BCUT2D eigenvalue weighted by Gasteiger charge is 2.42. The third-order valence-corrected chi connectivity index (χ3v) is 4.52. The number of carbonyl (C=O) groups excluding carboxylic acids is 1. The maximum absolute atomic E-state index is 13.1. The number of alkyl halides is 3. The molecule has 1 heterocycles. The Hall–Kier alpha value is -3.09. The standard InChI is InChI=1S/C21H19F3N2O2/c1-13(25-20(27)18-14(2)26-28-19(18)21(22,23)24)17(15-9-5-3-6-10-15)16-11-7-4-8-12-16/h3-13,17H,1-2H3,(H,25,27)/t13-/m0/s1. The molecule has 146 valence electrons. The maximum Gasteiger partial charge on any atom is 0.453 e. The third kappa shape index (κ3) is 4.08. The molecule has 1 N–H and O–H groups in total. The zero-order valence-electron chi connectivity index (χ0n) is 15.3. The van der Waals surface area contributed by atoms with Crippen LogP contribution in [0.2, 0.25) is 0 Å². The maximum atomic E-state index is 13.1. The van der Waals surface area contributed by atoms with Gasteiger partial charge in [0.2, 0.25) is 0 Å². The van der Waals surface area contributed by atoms with Crippen LogP contribution in [0.4, 0.5) is 13.2 Å². The molecule has 2 aromatic carbocycles. The molecule has 28 heavy (non-hydrogen) atoms. The van der Waals surface area contributed by atoms with Gasteiger partial charge in [0.15, 0.2) is 0 Å². The van der Waals surface area contributed by atoms with E-state index < -0.39 is 29.4 Å². The molecule has 3 aromatic rings. The van der Waals surface area contributed by atoms with Crippen LogP contribution in [0.15, 0.2) is 65.2 Å². The van der Waals surface area contributed by atoms with E-state index >= 15 is 0 Å². The summed E-state index contributed by atoms with van der Waals surface area (Å²) in [6.07, 6.45) is -4.80. The molecule has 0 saturated carbocycles. The largest absolute Gasteiger partial charge is 0.453 e. The number of rotatable bonds is 5. The first-order valence-electron chi connectivity index (χ1n) is 8.73. The lowest BCUT2D eigenvalue weighted by Gasteiger charge is -2.26. The van der Waals surface area contributed by atoms with E-state index in [0.717, 1.165) is 11.1 Å². The quantitative estimate of drug-likeness (QED) is 0.673. The van der Waals surface area contributed by atoms with Gasteiger partial charge in [-0.3, -0.25) is 4.79 Å². The summed E-state index contributed by atoms with van der Waals surface area (Å²) in [6, 6.07) is 18.5. The van der Waals surface area contributed by atoms with E-state index in [1.54, 1.807) is 6.92 Å². The number of hydrogen-bond acceptors (Lipinski definition) is 3. The average molecular weight is 388 g/mol. The lowest BCUT2D eigenvalue weighted by molar-refractivity contribution is -0.155. The highest BCUT2D eigenvalue weighted by Crippen LogP contribution is 2.34. The average Bonchev–Trinajstić information content (AvgIpc) is 3.06. The number of aromatic nitrogens is 1. The van der Waals surface area contributed by atoms with Crippen LogP contribution in [0.3, 0.4) is 0 Å². The molecule has 0 bridgehead atoms. The highest BCUT2D eigenvalue weighted by atomic mass is 19.4. The fourth-order valence-corrected chi connectivity index (χ4v) is 3.28. The minimum atomic E-state index is -4.80. The van der Waals surface area contributed by atoms with Gasteiger partial charge in [0, 0.05) is 12.0 Å². The van der Waals surface area contributed by atoms with Crippen molar-refractivity contribution in [2.24, 2.45) is 0 Å². The molecule has 0 fully saturated rings. The summed E-state index contributed by atoms with van der Waals surface area (Å²) in [5.74, 6) is -2.48. The molecule has 0 saturated heterocycles. The Labute approximate surface area is 160 Å². The van der Waals surface area contributed by atoms with E-state index in [1.165, 1.54) is 6.92 Å². The molecule has 1 aromatic heterocycles. The number of halogens is 3. The minimum Gasteiger partial charge on any atom is -0.351 e. The second-order valence-electron chi connectivity index (χ2n) is 6.53. The van der Waals surface area contributed by atoms with Crippen LogP contribution in [0.5, 0.6) is 0 Å². The molecular formula is C21H19F3N2O2. The summed E-state index contributed by atoms with van der Waals surface area (Å²) in [4.78, 5) is 12.7. The molecule has 0 aliphatic rings. The first kappa shape index (κ1) is 19.7. The number of hydrogen-bond donors (Lipinski definition) is 1. The monoisotopic (exact) mass is 388 g/mol. The van der Waals surface area contributed by atoms with Gasteiger partial charge >= 0.3 is 6.18 Å². The highest BCUT2D eigenvalue weighted by molar-refractivity contribution is 5.96. The van der Waals surface area contributed by atoms with Crippen LogP contribution in [-0.4, -0.2) is 17.1 Å². The molecular weight excluding hydrogens is 369 g/mol. The minimum absolute atomic E-state index is 0.104. The Bertz CT molecular complexity index is 898. The zero-order valence-corrected chi connectivity index (χ0v) is 15.3. The summed E-state index contributed by atoms with van der Waals surface area (Å²) in [5.41, 5.74) is 1.20. The lowest BCUT2D eigenvalue weighted by Crippen LogP contribution is -2.38. The Kier molecular flexibility index (Phi) is 5.53. The van der Waals surface area contributed by atoms with Gasteiger partial charge in [0.1, 0.15) is 5.56 Å². The summed E-state index contributed by atoms with van der Waals surface area (Å²) < 4.78 is 43.8. The summed E-state index contributed by atoms with van der Waals surface area (Å²) in [7, 11) is 0. The Morgan fingerprint density at radius 2 is 1.50 bits per heavy atom. The second kappa shape index (κ2) is 7.88. The van der Waals surface area contributed by atoms with Gasteiger partial charge in [0.25, 0.3) is 11.7 Å². The predicted octanol–water partition coefficient (Wildman–Crippen LogP) is 4.95. The zero-order chi connectivity index (χ0) is 20.3. The SMILES string of the molecule is Cc1noc(C(F)(F)F)c1C(=O)N[C@@H](C)C(c1ccccc1)c1ccccc1. The van der Waals surface area contributed by atoms with Crippen LogP contribution < -0.4 is 5.32 Å². The number of aryl methyl sites for hydroxylation is 1. The Morgan fingerprint density at radius 1 is 1.00 bits per heavy atom. The van der Waals surface area contributed by atoms with Crippen molar-refractivity contribution in [3.63, 3.8) is 0 Å². The molecule has 4 nitrogen and oxygen atoms in total. The van der Waals surface area contributed by atoms with E-state index in [0.29, 0.717) is 0 Å². The number of nitrogens with zero attached hydrogens (tertiary/aromatic N) is 1. The van der Waals surface area contributed by atoms with E-state index in [1.807, 2.05) is 60.7 Å². The van der Waals surface area contributed by atoms with Gasteiger partial charge in [0.05, 0.1) is 5.69 Å². The molecule has 0 unspecified atom stereocenters. The van der Waals surface area contributed by atoms with Crippen LogP contribution in [0.1, 0.15) is 45.8 Å². The predicted molar refractivity (Wildman–Crippen MR) is 97.9 cm³/mol. The van der Waals surface area contributed by atoms with Crippen molar-refractivity contribution < 1.29 is 22.5 Å². The van der Waals surface area contributed by atoms with Gasteiger partial charge in [-0.05, 0) is 25.0 Å². The Morgan fingerprint density at radius 3 is 1.96 bits per heavy atom. The van der Waals surface area contributed by atoms with Crippen molar-refractivity contribution in [1.29, 1.82) is 0 Å². The summed E-state index contributed by atoms with van der Waals surface area (Å²) in [5, 5.41) is 6.01. The van der Waals surface area contributed by atoms with Crippen LogP contribution in [-0.2, 0) is 6.18 Å². The first-order chi connectivity index (χ1) is 13.3. The van der Waals surface area contributed by atoms with Crippen LogP contribution >= 0.6 is 0 Å². The molecule has 0 aliphatic carbocycles. The lowest BCUT2D eigenvalue weighted by atomic mass is 9.85. The number of amides is 1. The van der Waals surface area contributed by atoms with Gasteiger partial charge in [-0.15, -0.1) is 0 Å². The molecule has 7 heteroatoms. The summed E-state index contributed by atoms with van der Waals surface area (Å²) in [6.45, 7) is 3.07. The van der Waals surface area contributed by atoms with Crippen molar-refractivity contribution in [2.45, 2.75) is 32.0 Å². The van der Waals surface area contributed by atoms with Crippen molar-refractivity contribution in [1.82, 2.24) is 10.5 Å². The smallest absolute Gasteiger partial charge is 0.351 e. The van der Waals surface area contributed by atoms with E-state index in [-0.39, 0.29) is 11.6 Å². The number of nitrogens with one attached hydrogen (secondary N) is 1. The van der Waals surface area contributed by atoms with Crippen molar-refractivity contribution in [3.8, 4) is 0 Å².